The number of hydrogen-bond acceptors (Lipinski definition) is 18. The Labute approximate surface area is 717 Å². The molecule has 26 nitrogen and oxygen atoms in total. The fourth-order valence-corrected chi connectivity index (χ4v) is 16.1. The third-order valence-electron chi connectivity index (χ3n) is 19.5. The lowest BCUT2D eigenvalue weighted by Gasteiger charge is -2.18. The number of ether oxygens (including phenoxy) is 1. The molecule has 0 amide bonds. The number of nitro groups is 1. The van der Waals surface area contributed by atoms with Crippen molar-refractivity contribution in [3.05, 3.63) is 351 Å². The number of aromatic nitrogens is 12. The highest BCUT2D eigenvalue weighted by molar-refractivity contribution is 7.91. The van der Waals surface area contributed by atoms with E-state index in [4.69, 9.17) is 19.3 Å². The number of rotatable bonds is 12. The zero-order chi connectivity index (χ0) is 91.2. The monoisotopic (exact) mass is 1790 g/mol. The first-order chi connectivity index (χ1) is 60.2. The molecule has 0 atom stereocenters. The minimum Gasteiger partial charge on any atom is -0.497 e. The van der Waals surface area contributed by atoms with Crippen molar-refractivity contribution in [2.24, 2.45) is 5.14 Å². The normalized spacial score (nSPS) is 12.4. The molecule has 18 rings (SSSR count). The number of hydrogen-bond donors (Lipinski definition) is 2. The van der Waals surface area contributed by atoms with Crippen LogP contribution in [0.25, 0.3) is 101 Å². The number of nitrogens with two attached hydrogens (primary N) is 1. The Hall–Kier alpha value is -14.8. The molecule has 0 saturated carbocycles. The fourth-order valence-electron chi connectivity index (χ4n) is 13.4. The van der Waals surface area contributed by atoms with E-state index < -0.39 is 87.2 Å². The number of sulfonamides is 1. The van der Waals surface area contributed by atoms with E-state index in [2.05, 4.69) is 97.3 Å². The average Bonchev–Trinajstić information content (AvgIpc) is 1.68. The number of H-pyrrole nitrogens is 1. The lowest BCUT2D eigenvalue weighted by atomic mass is 10.1. The lowest BCUT2D eigenvalue weighted by Crippen LogP contribution is -2.36. The van der Waals surface area contributed by atoms with Gasteiger partial charge in [-0.1, -0.05) is 132 Å². The lowest BCUT2D eigenvalue weighted by molar-refractivity contribution is -0.383. The molecule has 17 aromatic rings. The molecule has 10 aromatic carbocycles. The summed E-state index contributed by atoms with van der Waals surface area (Å²) in [6.45, 7) is 8.15. The first-order valence-electron chi connectivity index (χ1n) is 37.9. The molecule has 0 radical (unpaired) electrons. The summed E-state index contributed by atoms with van der Waals surface area (Å²) in [5.74, 6) is 0.509. The van der Waals surface area contributed by atoms with E-state index in [1.165, 1.54) is 135 Å². The van der Waals surface area contributed by atoms with Crippen molar-refractivity contribution in [1.82, 2.24) is 58.4 Å². The van der Waals surface area contributed by atoms with Crippen molar-refractivity contribution in [1.29, 1.82) is 0 Å². The Morgan fingerprint density at radius 2 is 1.17 bits per heavy atom. The molecule has 0 unspecified atom stereocenters. The molecule has 127 heavy (non-hydrogen) atoms. The summed E-state index contributed by atoms with van der Waals surface area (Å²) in [7, 11) is -9.29. The van der Waals surface area contributed by atoms with Crippen molar-refractivity contribution in [2.45, 2.75) is 72.7 Å². The standard InChI is InChI=1S/C21H20N2O.C18H15F3N2O2S.C17H14F3N3O2S.C16H10N2O5S.C10H7F3N2.C7H5N3O2/c1-14(2)23-19-13-10-15-6-4-5-7-18(15)20(19)22-21(23)16-8-11-17(24-3)12-9-16;1-12-3-5-13(6-4-12)16-11-17(18(19,20)21)22-23(16)14-7-9-15(10-8-14)26(2,24)25;1-11-2-4-12(5-3-11)15-10-16(17(18,19)20)22-23(15)13-6-8-14(9-7-13)26(21,24)25;19-15-11-9-24(21,22)12-6-2-1-5-10(12)14(11)23-16(20)18(15)13-7-3-4-8-17-13;11-10(12,13)8-3-1-2-4-9(8)15-6-5-14-7-15;11-10(12)6-3-1-2-5-4-8-9-7(5)6/h4-14H,1-3H3;3-11H,1-2H3;2-10H,1H3,(H2,21,24,25);1-8H,9H2;1-7H;1-4H,(H,8,9). The quantitative estimate of drug-likeness (QED) is 0.0652. The van der Waals surface area contributed by atoms with Gasteiger partial charge in [0.15, 0.2) is 36.8 Å². The number of imidazole rings is 2. The van der Waals surface area contributed by atoms with Gasteiger partial charge in [-0.05, 0) is 160 Å². The molecule has 0 spiro atoms. The third kappa shape index (κ3) is 20.4. The number of aryl methyl sites for hydroxylation is 2. The zero-order valence-electron chi connectivity index (χ0n) is 67.4. The maximum Gasteiger partial charge on any atom is 0.435 e. The van der Waals surface area contributed by atoms with Gasteiger partial charge >= 0.3 is 24.3 Å². The van der Waals surface area contributed by atoms with Crippen molar-refractivity contribution in [3.63, 3.8) is 0 Å². The van der Waals surface area contributed by atoms with Crippen molar-refractivity contribution < 1.29 is 78.8 Å². The summed E-state index contributed by atoms with van der Waals surface area (Å²) in [6, 6.07) is 68.9. The SMILES string of the molecule is COc1ccc(-c2nc3c4ccccc4ccc3n2C(C)C)cc1.Cc1ccc(-c2cc(C(F)(F)F)nn2-c2ccc(S(C)(=O)=O)cc2)cc1.Cc1ccc(-c2cc(C(F)(F)F)nn2-c2ccc(S(N)(=O)=O)cc2)cc1.FC(F)(F)c1ccccc1-n1ccnc1.O=[N+]([O-])c1cccc2cn[nH]c12.O=c1oc2c(c(=O)n1-c1ccccn1)CS(=O)(=O)c1ccccc1-2. The highest BCUT2D eigenvalue weighted by Gasteiger charge is 2.38. The second-order valence-corrected chi connectivity index (χ2v) is 34.1. The Morgan fingerprint density at radius 1 is 0.614 bits per heavy atom. The van der Waals surface area contributed by atoms with E-state index in [1.807, 2.05) is 26.0 Å². The number of nitro benzene ring substituents is 1. The number of para-hydroxylation sites is 2. The minimum atomic E-state index is -4.61. The van der Waals surface area contributed by atoms with E-state index >= 15 is 0 Å². The predicted molar refractivity (Wildman–Crippen MR) is 458 cm³/mol. The maximum atomic E-state index is 13.1. The van der Waals surface area contributed by atoms with Gasteiger partial charge in [0.1, 0.15) is 22.9 Å². The van der Waals surface area contributed by atoms with Gasteiger partial charge < -0.3 is 18.3 Å². The van der Waals surface area contributed by atoms with Gasteiger partial charge in [-0.3, -0.25) is 20.0 Å². The van der Waals surface area contributed by atoms with Crippen LogP contribution in [-0.4, -0.2) is 102 Å². The third-order valence-corrected chi connectivity index (χ3v) is 23.2. The van der Waals surface area contributed by atoms with E-state index in [1.54, 1.807) is 104 Å². The van der Waals surface area contributed by atoms with Gasteiger partial charge in [-0.25, -0.2) is 59.5 Å². The number of aromatic amines is 1. The van der Waals surface area contributed by atoms with Crippen LogP contribution in [0.4, 0.5) is 45.2 Å². The molecule has 0 fully saturated rings. The first kappa shape index (κ1) is 90.0. The van der Waals surface area contributed by atoms with Gasteiger partial charge in [0.2, 0.25) is 10.0 Å². The van der Waals surface area contributed by atoms with Crippen LogP contribution in [0.3, 0.4) is 0 Å². The zero-order valence-corrected chi connectivity index (χ0v) is 69.8. The Bertz CT molecular complexity index is 7200. The number of nitrogens with one attached hydrogen (secondary N) is 1. The summed E-state index contributed by atoms with van der Waals surface area (Å²) < 4.78 is 205. The molecule has 0 aliphatic carbocycles. The number of pyridine rings is 1. The van der Waals surface area contributed by atoms with Gasteiger partial charge in [-0.2, -0.15) is 59.4 Å². The molecule has 3 N–H and O–H groups in total. The summed E-state index contributed by atoms with van der Waals surface area (Å²) in [6.07, 6.45) is -5.24. The highest BCUT2D eigenvalue weighted by atomic mass is 32.2. The van der Waals surface area contributed by atoms with Crippen LogP contribution in [0.15, 0.2) is 315 Å². The molecule has 0 saturated heterocycles. The first-order valence-corrected chi connectivity index (χ1v) is 43.0. The van der Waals surface area contributed by atoms with Crippen LogP contribution >= 0.6 is 0 Å². The topological polar surface area (TPSA) is 346 Å². The van der Waals surface area contributed by atoms with Gasteiger partial charge in [0.25, 0.3) is 11.2 Å². The largest absolute Gasteiger partial charge is 0.497 e. The number of halogens is 9. The summed E-state index contributed by atoms with van der Waals surface area (Å²) in [5.41, 5.74) is 4.85. The number of fused-ring (bicyclic) bond motifs is 7. The summed E-state index contributed by atoms with van der Waals surface area (Å²) in [4.78, 5) is 47.7. The molecule has 0 bridgehead atoms. The van der Waals surface area contributed by atoms with Crippen molar-refractivity contribution >= 4 is 68.1 Å². The maximum absolute atomic E-state index is 13.1. The number of sulfone groups is 2. The van der Waals surface area contributed by atoms with Crippen LogP contribution < -0.4 is 21.2 Å². The number of nitrogens with zero attached hydrogens (tertiary/aromatic N) is 12. The Morgan fingerprint density at radius 3 is 1.70 bits per heavy atom. The van der Waals surface area contributed by atoms with Gasteiger partial charge in [0, 0.05) is 70.0 Å². The van der Waals surface area contributed by atoms with E-state index in [0.29, 0.717) is 28.4 Å². The van der Waals surface area contributed by atoms with Crippen molar-refractivity contribution in [3.8, 4) is 73.9 Å². The van der Waals surface area contributed by atoms with Gasteiger partial charge in [-0.15, -0.1) is 0 Å². The number of methoxy groups -OCH3 is 1. The molecule has 8 heterocycles. The van der Waals surface area contributed by atoms with E-state index in [0.717, 1.165) is 72.9 Å². The molecule has 7 aromatic heterocycles. The average molecular weight is 1800 g/mol. The second kappa shape index (κ2) is 36.6. The Kier molecular flexibility index (Phi) is 25.9. The van der Waals surface area contributed by atoms with E-state index in [9.17, 15) is 84.5 Å². The van der Waals surface area contributed by atoms with Crippen molar-refractivity contribution in [2.75, 3.05) is 13.4 Å². The number of non-ortho nitro benzene ring substituents is 1. The second-order valence-electron chi connectivity index (χ2n) is 28.6. The van der Waals surface area contributed by atoms with E-state index in [-0.39, 0.29) is 65.8 Å². The fraction of sp³-hybridized carbons (Fsp3) is 0.124. The molecular weight excluding hydrogens is 1720 g/mol. The summed E-state index contributed by atoms with van der Waals surface area (Å²) >= 11 is 0. The van der Waals surface area contributed by atoms with Crippen LogP contribution in [0.1, 0.15) is 53.5 Å². The molecule has 1 aliphatic heterocycles. The Balaban J connectivity index is 0.000000133. The number of benzene rings is 10. The minimum absolute atomic E-state index is 0.00241. The predicted octanol–water partition coefficient (Wildman–Crippen LogP) is 18.7. The summed E-state index contributed by atoms with van der Waals surface area (Å²) in [5, 5.41) is 32.3. The molecule has 38 heteroatoms. The smallest absolute Gasteiger partial charge is 0.435 e. The molecule has 650 valence electrons. The van der Waals surface area contributed by atoms with Crippen LogP contribution in [-0.2, 0) is 54.0 Å². The van der Waals surface area contributed by atoms with Crippen LogP contribution in [0.5, 0.6) is 5.75 Å². The number of primary sulfonamides is 1. The number of alkyl halides is 9. The highest BCUT2D eigenvalue weighted by Crippen LogP contribution is 2.40. The van der Waals surface area contributed by atoms with Gasteiger partial charge in [0.05, 0.1) is 95.6 Å². The van der Waals surface area contributed by atoms with Crippen LogP contribution in [0.2, 0.25) is 0 Å². The molecular formula is C89H71F9N14O12S3. The van der Waals surface area contributed by atoms with Crippen LogP contribution in [0, 0.1) is 24.0 Å². The molecule has 1 aliphatic rings.